The van der Waals surface area contributed by atoms with E-state index in [9.17, 15) is 4.79 Å². The minimum Gasteiger partial charge on any atom is -0.481 e. The fourth-order valence-electron chi connectivity index (χ4n) is 1.92. The molecule has 0 bridgehead atoms. The van der Waals surface area contributed by atoms with Crippen LogP contribution in [0, 0.1) is 0 Å². The molecule has 1 saturated heterocycles. The quantitative estimate of drug-likeness (QED) is 0.814. The molecule has 3 N–H and O–H groups in total. The van der Waals surface area contributed by atoms with E-state index < -0.39 is 5.97 Å². The molecule has 92 valence electrons. The van der Waals surface area contributed by atoms with Crippen molar-refractivity contribution in [2.24, 2.45) is 5.73 Å². The highest BCUT2D eigenvalue weighted by Crippen LogP contribution is 2.26. The van der Waals surface area contributed by atoms with Crippen LogP contribution in [0.15, 0.2) is 24.3 Å². The molecule has 17 heavy (non-hydrogen) atoms. The van der Waals surface area contributed by atoms with Gasteiger partial charge in [0, 0.05) is 18.4 Å². The van der Waals surface area contributed by atoms with Crippen LogP contribution in [0.25, 0.3) is 0 Å². The summed E-state index contributed by atoms with van der Waals surface area (Å²) in [6.07, 6.45) is 0.581. The van der Waals surface area contributed by atoms with Gasteiger partial charge in [0.15, 0.2) is 0 Å². The molecule has 0 radical (unpaired) electrons. The van der Waals surface area contributed by atoms with Crippen LogP contribution in [0.2, 0.25) is 0 Å². The van der Waals surface area contributed by atoms with Crippen LogP contribution in [0.4, 0.5) is 0 Å². The molecule has 1 aromatic carbocycles. The second-order valence-electron chi connectivity index (χ2n) is 4.44. The minimum atomic E-state index is -0.802. The van der Waals surface area contributed by atoms with E-state index in [0.717, 1.165) is 18.8 Å². The number of hydrogen-bond donors (Lipinski definition) is 2. The zero-order valence-electron chi connectivity index (χ0n) is 9.63. The van der Waals surface area contributed by atoms with Gasteiger partial charge in [0.1, 0.15) is 0 Å². The third kappa shape index (κ3) is 3.05. The topological polar surface area (TPSA) is 72.6 Å². The number of carbonyl (C=O) groups is 1. The lowest BCUT2D eigenvalue weighted by molar-refractivity contribution is -0.137. The predicted octanol–water partition coefficient (Wildman–Crippen LogP) is 1.67. The normalized spacial score (nSPS) is 17.5. The van der Waals surface area contributed by atoms with E-state index in [1.807, 2.05) is 12.1 Å². The molecular weight excluding hydrogens is 218 g/mol. The van der Waals surface area contributed by atoms with Crippen LogP contribution in [0.1, 0.15) is 35.9 Å². The lowest BCUT2D eigenvalue weighted by Gasteiger charge is -2.27. The highest BCUT2D eigenvalue weighted by molar-refractivity contribution is 5.66. The Kier molecular flexibility index (Phi) is 3.76. The van der Waals surface area contributed by atoms with E-state index in [2.05, 4.69) is 12.1 Å². The van der Waals surface area contributed by atoms with Gasteiger partial charge in [0.05, 0.1) is 13.2 Å². The number of benzene rings is 1. The third-order valence-electron chi connectivity index (χ3n) is 3.12. The Balaban J connectivity index is 2.01. The minimum absolute atomic E-state index is 0.109. The molecular formula is C13H17NO3. The summed E-state index contributed by atoms with van der Waals surface area (Å²) in [5, 5.41) is 8.63. The Morgan fingerprint density at radius 1 is 1.53 bits per heavy atom. The van der Waals surface area contributed by atoms with E-state index in [0.29, 0.717) is 12.3 Å². The monoisotopic (exact) mass is 235 g/mol. The molecule has 0 spiro atoms. The molecule has 1 atom stereocenters. The number of rotatable bonds is 5. The van der Waals surface area contributed by atoms with Gasteiger partial charge < -0.3 is 15.6 Å². The Bertz CT molecular complexity index is 401. The molecule has 1 aromatic rings. The van der Waals surface area contributed by atoms with Gasteiger partial charge in [-0.15, -0.1) is 0 Å². The Labute approximate surface area is 100 Å². The van der Waals surface area contributed by atoms with Gasteiger partial charge in [-0.25, -0.2) is 0 Å². The fourth-order valence-corrected chi connectivity index (χ4v) is 1.92. The van der Waals surface area contributed by atoms with Gasteiger partial charge in [0.25, 0.3) is 0 Å². The van der Waals surface area contributed by atoms with Gasteiger partial charge in [-0.05, 0) is 17.5 Å². The molecule has 1 unspecified atom stereocenters. The Morgan fingerprint density at radius 3 is 2.88 bits per heavy atom. The first kappa shape index (κ1) is 12.1. The zero-order chi connectivity index (χ0) is 12.3. The standard InChI is InChI=1S/C13H17NO3/c14-12(4-5-13(15)16)10-3-1-2-9(6-10)11-7-17-8-11/h1-3,6,11-12H,4-5,7-8,14H2,(H,15,16). The van der Waals surface area contributed by atoms with Crippen LogP contribution in [-0.2, 0) is 9.53 Å². The summed E-state index contributed by atoms with van der Waals surface area (Å²) in [5.74, 6) is -0.328. The summed E-state index contributed by atoms with van der Waals surface area (Å²) in [6.45, 7) is 1.54. The smallest absolute Gasteiger partial charge is 0.303 e. The van der Waals surface area contributed by atoms with Gasteiger partial charge in [-0.1, -0.05) is 24.3 Å². The summed E-state index contributed by atoms with van der Waals surface area (Å²) in [4.78, 5) is 10.5. The van der Waals surface area contributed by atoms with Crippen LogP contribution in [0.5, 0.6) is 0 Å². The van der Waals surface area contributed by atoms with Crippen LogP contribution in [-0.4, -0.2) is 24.3 Å². The molecule has 4 heteroatoms. The second kappa shape index (κ2) is 5.29. The summed E-state index contributed by atoms with van der Waals surface area (Å²) >= 11 is 0. The van der Waals surface area contributed by atoms with Crippen LogP contribution in [0.3, 0.4) is 0 Å². The van der Waals surface area contributed by atoms with Crippen molar-refractivity contribution in [3.8, 4) is 0 Å². The average Bonchev–Trinajstić information content (AvgIpc) is 2.24. The lowest BCUT2D eigenvalue weighted by atomic mass is 9.93. The van der Waals surface area contributed by atoms with Crippen molar-refractivity contribution in [2.45, 2.75) is 24.8 Å². The summed E-state index contributed by atoms with van der Waals surface area (Å²) in [6, 6.07) is 7.87. The van der Waals surface area contributed by atoms with Crippen molar-refractivity contribution >= 4 is 5.97 Å². The highest BCUT2D eigenvalue weighted by atomic mass is 16.5. The number of nitrogens with two attached hydrogens (primary N) is 1. The number of hydrogen-bond acceptors (Lipinski definition) is 3. The molecule has 0 saturated carbocycles. The van der Waals surface area contributed by atoms with E-state index in [-0.39, 0.29) is 12.5 Å². The predicted molar refractivity (Wildman–Crippen MR) is 63.8 cm³/mol. The first-order chi connectivity index (χ1) is 8.16. The van der Waals surface area contributed by atoms with E-state index in [1.54, 1.807) is 0 Å². The number of carboxylic acid groups (broad SMARTS) is 1. The van der Waals surface area contributed by atoms with E-state index in [1.165, 1.54) is 5.56 Å². The van der Waals surface area contributed by atoms with E-state index in [4.69, 9.17) is 15.6 Å². The molecule has 0 aliphatic carbocycles. The van der Waals surface area contributed by atoms with Crippen molar-refractivity contribution in [1.29, 1.82) is 0 Å². The average molecular weight is 235 g/mol. The van der Waals surface area contributed by atoms with Crippen LogP contribution >= 0.6 is 0 Å². The molecule has 0 amide bonds. The van der Waals surface area contributed by atoms with Crippen LogP contribution < -0.4 is 5.73 Å². The van der Waals surface area contributed by atoms with Crippen molar-refractivity contribution in [2.75, 3.05) is 13.2 Å². The van der Waals surface area contributed by atoms with Gasteiger partial charge in [-0.3, -0.25) is 4.79 Å². The maximum Gasteiger partial charge on any atom is 0.303 e. The summed E-state index contributed by atoms with van der Waals surface area (Å²) in [7, 11) is 0. The molecule has 4 nitrogen and oxygen atoms in total. The molecule has 1 aliphatic heterocycles. The van der Waals surface area contributed by atoms with Gasteiger partial charge >= 0.3 is 5.97 Å². The first-order valence-corrected chi connectivity index (χ1v) is 5.82. The number of carboxylic acids is 1. The number of aliphatic carboxylic acids is 1. The molecule has 1 fully saturated rings. The maximum atomic E-state index is 10.5. The summed E-state index contributed by atoms with van der Waals surface area (Å²) < 4.78 is 5.16. The lowest BCUT2D eigenvalue weighted by Crippen LogP contribution is -2.25. The van der Waals surface area contributed by atoms with Crippen molar-refractivity contribution in [3.05, 3.63) is 35.4 Å². The molecule has 1 heterocycles. The molecule has 0 aromatic heterocycles. The fraction of sp³-hybridized carbons (Fsp3) is 0.462. The van der Waals surface area contributed by atoms with Gasteiger partial charge in [0.2, 0.25) is 0 Å². The zero-order valence-corrected chi connectivity index (χ0v) is 9.63. The largest absolute Gasteiger partial charge is 0.481 e. The summed E-state index contributed by atoms with van der Waals surface area (Å²) in [5.41, 5.74) is 8.22. The molecule has 2 rings (SSSR count). The van der Waals surface area contributed by atoms with Crippen molar-refractivity contribution < 1.29 is 14.6 Å². The van der Waals surface area contributed by atoms with Crippen molar-refractivity contribution in [3.63, 3.8) is 0 Å². The first-order valence-electron chi connectivity index (χ1n) is 5.82. The maximum absolute atomic E-state index is 10.5. The SMILES string of the molecule is NC(CCC(=O)O)c1cccc(C2COC2)c1. The third-order valence-corrected chi connectivity index (χ3v) is 3.12. The Hall–Kier alpha value is -1.39. The Morgan fingerprint density at radius 2 is 2.29 bits per heavy atom. The van der Waals surface area contributed by atoms with Gasteiger partial charge in [-0.2, -0.15) is 0 Å². The molecule has 1 aliphatic rings. The number of ether oxygens (including phenoxy) is 1. The van der Waals surface area contributed by atoms with E-state index >= 15 is 0 Å². The highest BCUT2D eigenvalue weighted by Gasteiger charge is 2.21. The van der Waals surface area contributed by atoms with Crippen molar-refractivity contribution in [1.82, 2.24) is 0 Å². The second-order valence-corrected chi connectivity index (χ2v) is 4.44.